The van der Waals surface area contributed by atoms with E-state index in [2.05, 4.69) is 0 Å². The van der Waals surface area contributed by atoms with Gasteiger partial charge in [-0.25, -0.2) is 0 Å². The number of nitrogens with zero attached hydrogens (tertiary/aromatic N) is 1. The minimum absolute atomic E-state index is 0.00845. The molecule has 2 rings (SSSR count). The fourth-order valence-corrected chi connectivity index (χ4v) is 3.70. The van der Waals surface area contributed by atoms with Crippen LogP contribution in [0.5, 0.6) is 0 Å². The Morgan fingerprint density at radius 3 is 2.90 bits per heavy atom. The van der Waals surface area contributed by atoms with Gasteiger partial charge >= 0.3 is 5.97 Å². The molecule has 1 fully saturated rings. The van der Waals surface area contributed by atoms with Crippen LogP contribution in [0.2, 0.25) is 4.34 Å². The Hall–Kier alpha value is -1.07. The maximum absolute atomic E-state index is 12.4. The lowest BCUT2D eigenvalue weighted by molar-refractivity contribution is -0.138. The Morgan fingerprint density at radius 1 is 1.55 bits per heavy atom. The zero-order valence-electron chi connectivity index (χ0n) is 11.3. The van der Waals surface area contributed by atoms with Gasteiger partial charge in [0.2, 0.25) is 0 Å². The zero-order chi connectivity index (χ0) is 14.7. The van der Waals surface area contributed by atoms with Crippen LogP contribution < -0.4 is 0 Å². The van der Waals surface area contributed by atoms with Gasteiger partial charge in [0.1, 0.15) is 0 Å². The zero-order valence-corrected chi connectivity index (χ0v) is 12.9. The molecule has 1 aliphatic rings. The van der Waals surface area contributed by atoms with Crippen molar-refractivity contribution in [1.29, 1.82) is 0 Å². The summed E-state index contributed by atoms with van der Waals surface area (Å²) in [6.45, 7) is 3.34. The normalized spacial score (nSPS) is 20.7. The van der Waals surface area contributed by atoms with E-state index in [9.17, 15) is 9.59 Å². The number of aliphatic carboxylic acids is 1. The first-order valence-electron chi connectivity index (χ1n) is 6.73. The molecule has 1 amide bonds. The SMILES string of the molecule is CC(CC(=O)O)C1CCCN(C(=O)c2ccc(Cl)s2)C1. The summed E-state index contributed by atoms with van der Waals surface area (Å²) >= 11 is 7.15. The van der Waals surface area contributed by atoms with Gasteiger partial charge in [-0.1, -0.05) is 18.5 Å². The second-order valence-corrected chi connectivity index (χ2v) is 7.05. The highest BCUT2D eigenvalue weighted by Gasteiger charge is 2.29. The van der Waals surface area contributed by atoms with Gasteiger partial charge in [-0.15, -0.1) is 11.3 Å². The van der Waals surface area contributed by atoms with Crippen LogP contribution in [0.4, 0.5) is 0 Å². The van der Waals surface area contributed by atoms with E-state index in [0.29, 0.717) is 15.8 Å². The number of piperidine rings is 1. The molecule has 1 aromatic rings. The van der Waals surface area contributed by atoms with E-state index in [1.54, 1.807) is 12.1 Å². The van der Waals surface area contributed by atoms with Crippen LogP contribution in [-0.4, -0.2) is 35.0 Å². The van der Waals surface area contributed by atoms with E-state index in [4.69, 9.17) is 16.7 Å². The van der Waals surface area contributed by atoms with Gasteiger partial charge in [0, 0.05) is 19.5 Å². The predicted octanol–water partition coefficient (Wildman–Crippen LogP) is 3.36. The molecule has 2 heterocycles. The summed E-state index contributed by atoms with van der Waals surface area (Å²) in [4.78, 5) is 25.6. The molecule has 0 radical (unpaired) electrons. The summed E-state index contributed by atoms with van der Waals surface area (Å²) in [6.07, 6.45) is 2.08. The number of carbonyl (C=O) groups excluding carboxylic acids is 1. The molecule has 0 aliphatic carbocycles. The number of likely N-dealkylation sites (tertiary alicyclic amines) is 1. The molecule has 20 heavy (non-hydrogen) atoms. The minimum Gasteiger partial charge on any atom is -0.481 e. The molecule has 110 valence electrons. The van der Waals surface area contributed by atoms with E-state index in [1.165, 1.54) is 11.3 Å². The molecule has 0 saturated carbocycles. The fourth-order valence-electron chi connectivity index (χ4n) is 2.69. The highest BCUT2D eigenvalue weighted by atomic mass is 35.5. The number of carboxylic acids is 1. The molecule has 6 heteroatoms. The number of hydrogen-bond acceptors (Lipinski definition) is 3. The lowest BCUT2D eigenvalue weighted by Crippen LogP contribution is -2.41. The van der Waals surface area contributed by atoms with Crippen molar-refractivity contribution >= 4 is 34.8 Å². The van der Waals surface area contributed by atoms with E-state index < -0.39 is 5.97 Å². The Balaban J connectivity index is 1.99. The van der Waals surface area contributed by atoms with E-state index >= 15 is 0 Å². The molecule has 0 aromatic carbocycles. The molecule has 1 aliphatic heterocycles. The van der Waals surface area contributed by atoms with Crippen LogP contribution in [0.25, 0.3) is 0 Å². The third kappa shape index (κ3) is 3.73. The second kappa shape index (κ2) is 6.59. The van der Waals surface area contributed by atoms with Crippen LogP contribution in [-0.2, 0) is 4.79 Å². The Labute approximate surface area is 127 Å². The summed E-state index contributed by atoms with van der Waals surface area (Å²) in [7, 11) is 0. The van der Waals surface area contributed by atoms with Crippen molar-refractivity contribution in [1.82, 2.24) is 4.90 Å². The maximum Gasteiger partial charge on any atom is 0.303 e. The van der Waals surface area contributed by atoms with Crippen LogP contribution in [0.3, 0.4) is 0 Å². The van der Waals surface area contributed by atoms with Crippen LogP contribution in [0.1, 0.15) is 35.9 Å². The predicted molar refractivity (Wildman–Crippen MR) is 79.4 cm³/mol. The number of hydrogen-bond donors (Lipinski definition) is 1. The highest BCUT2D eigenvalue weighted by Crippen LogP contribution is 2.29. The smallest absolute Gasteiger partial charge is 0.303 e. The lowest BCUT2D eigenvalue weighted by Gasteiger charge is -2.35. The first-order valence-corrected chi connectivity index (χ1v) is 7.93. The van der Waals surface area contributed by atoms with Gasteiger partial charge < -0.3 is 10.0 Å². The largest absolute Gasteiger partial charge is 0.481 e. The molecular weight excluding hydrogens is 298 g/mol. The Bertz CT molecular complexity index is 502. The molecule has 1 N–H and O–H groups in total. The van der Waals surface area contributed by atoms with Crippen molar-refractivity contribution in [2.75, 3.05) is 13.1 Å². The van der Waals surface area contributed by atoms with Crippen molar-refractivity contribution in [3.05, 3.63) is 21.3 Å². The van der Waals surface area contributed by atoms with Gasteiger partial charge in [0.05, 0.1) is 9.21 Å². The molecule has 4 nitrogen and oxygen atoms in total. The standard InChI is InChI=1S/C14H18ClNO3S/c1-9(7-13(17)18)10-3-2-6-16(8-10)14(19)11-4-5-12(15)20-11/h4-5,9-10H,2-3,6-8H2,1H3,(H,17,18). The molecule has 1 saturated heterocycles. The van der Waals surface area contributed by atoms with Crippen molar-refractivity contribution in [3.63, 3.8) is 0 Å². The highest BCUT2D eigenvalue weighted by molar-refractivity contribution is 7.17. The Kier molecular flexibility index (Phi) is 5.05. The number of thiophene rings is 1. The van der Waals surface area contributed by atoms with Crippen molar-refractivity contribution in [2.24, 2.45) is 11.8 Å². The molecule has 0 bridgehead atoms. The molecular formula is C14H18ClNO3S. The second-order valence-electron chi connectivity index (χ2n) is 5.33. The quantitative estimate of drug-likeness (QED) is 0.926. The van der Waals surface area contributed by atoms with E-state index in [-0.39, 0.29) is 24.2 Å². The summed E-state index contributed by atoms with van der Waals surface area (Å²) in [5, 5.41) is 8.88. The minimum atomic E-state index is -0.772. The van der Waals surface area contributed by atoms with Crippen molar-refractivity contribution in [2.45, 2.75) is 26.2 Å². The van der Waals surface area contributed by atoms with Crippen molar-refractivity contribution < 1.29 is 14.7 Å². The van der Waals surface area contributed by atoms with Gasteiger partial charge in [0.25, 0.3) is 5.91 Å². The van der Waals surface area contributed by atoms with Gasteiger partial charge in [-0.3, -0.25) is 9.59 Å². The average molecular weight is 316 g/mol. The van der Waals surface area contributed by atoms with Crippen LogP contribution in [0, 0.1) is 11.8 Å². The number of halogens is 1. The monoisotopic (exact) mass is 315 g/mol. The lowest BCUT2D eigenvalue weighted by atomic mass is 9.84. The first kappa shape index (κ1) is 15.3. The summed E-state index contributed by atoms with van der Waals surface area (Å²) < 4.78 is 0.612. The number of carboxylic acid groups (broad SMARTS) is 1. The van der Waals surface area contributed by atoms with Gasteiger partial charge in [-0.05, 0) is 36.8 Å². The molecule has 0 spiro atoms. The molecule has 2 atom stereocenters. The average Bonchev–Trinajstić information content (AvgIpc) is 2.84. The number of carbonyl (C=O) groups is 2. The topological polar surface area (TPSA) is 57.6 Å². The Morgan fingerprint density at radius 2 is 2.30 bits per heavy atom. The van der Waals surface area contributed by atoms with Crippen LogP contribution in [0.15, 0.2) is 12.1 Å². The summed E-state index contributed by atoms with van der Waals surface area (Å²) in [5.41, 5.74) is 0. The third-order valence-electron chi connectivity index (χ3n) is 3.83. The van der Waals surface area contributed by atoms with E-state index in [0.717, 1.165) is 19.4 Å². The molecule has 2 unspecified atom stereocenters. The first-order chi connectivity index (χ1) is 9.47. The maximum atomic E-state index is 12.4. The number of rotatable bonds is 4. The summed E-state index contributed by atoms with van der Waals surface area (Å²) in [5.74, 6) is -0.408. The van der Waals surface area contributed by atoms with Crippen molar-refractivity contribution in [3.8, 4) is 0 Å². The molecule has 1 aromatic heterocycles. The van der Waals surface area contributed by atoms with Gasteiger partial charge in [0.15, 0.2) is 0 Å². The van der Waals surface area contributed by atoms with Gasteiger partial charge in [-0.2, -0.15) is 0 Å². The third-order valence-corrected chi connectivity index (χ3v) is 5.05. The fraction of sp³-hybridized carbons (Fsp3) is 0.571. The van der Waals surface area contributed by atoms with Crippen LogP contribution >= 0.6 is 22.9 Å². The summed E-state index contributed by atoms with van der Waals surface area (Å²) in [6, 6.07) is 3.48. The number of amides is 1. The van der Waals surface area contributed by atoms with E-state index in [1.807, 2.05) is 11.8 Å².